The van der Waals surface area contributed by atoms with Crippen LogP contribution in [0.1, 0.15) is 18.4 Å². The number of allylic oxidation sites excluding steroid dienone is 1. The minimum absolute atomic E-state index is 0.0243. The van der Waals surface area contributed by atoms with Gasteiger partial charge in [-0.3, -0.25) is 4.79 Å². The number of aliphatic carboxylic acids is 2. The molecule has 2 saturated carbocycles. The SMILES string of the molecule is C=C[C@H]1C[C@H]2C[C@@H]1[C@@H](C(=O)O)[C@]2(NC(=O)OCc1ccccc1)C(=O)O. The van der Waals surface area contributed by atoms with Crippen LogP contribution in [0.4, 0.5) is 4.79 Å². The number of ether oxygens (including phenoxy) is 1. The summed E-state index contributed by atoms with van der Waals surface area (Å²) in [4.78, 5) is 36.2. The van der Waals surface area contributed by atoms with E-state index in [9.17, 15) is 24.6 Å². The van der Waals surface area contributed by atoms with Gasteiger partial charge in [0.15, 0.2) is 5.54 Å². The lowest BCUT2D eigenvalue weighted by atomic mass is 9.68. The zero-order valence-electron chi connectivity index (χ0n) is 14.1. The number of rotatable bonds is 6. The molecule has 138 valence electrons. The quantitative estimate of drug-likeness (QED) is 0.672. The van der Waals surface area contributed by atoms with Crippen molar-refractivity contribution >= 4 is 18.0 Å². The number of nitrogens with one attached hydrogen (secondary N) is 1. The van der Waals surface area contributed by atoms with Gasteiger partial charge in [0.05, 0.1) is 5.92 Å². The van der Waals surface area contributed by atoms with Crippen LogP contribution in [0, 0.1) is 23.7 Å². The third kappa shape index (κ3) is 2.83. The number of carbonyl (C=O) groups excluding carboxylic acids is 1. The molecule has 1 aromatic carbocycles. The van der Waals surface area contributed by atoms with E-state index in [0.29, 0.717) is 12.8 Å². The molecule has 0 radical (unpaired) electrons. The van der Waals surface area contributed by atoms with Crippen LogP contribution >= 0.6 is 0 Å². The van der Waals surface area contributed by atoms with Gasteiger partial charge in [0.1, 0.15) is 6.61 Å². The molecule has 0 spiro atoms. The van der Waals surface area contributed by atoms with Crippen LogP contribution in [-0.4, -0.2) is 33.8 Å². The zero-order valence-corrected chi connectivity index (χ0v) is 14.1. The van der Waals surface area contributed by atoms with Crippen molar-refractivity contribution in [1.82, 2.24) is 5.32 Å². The summed E-state index contributed by atoms with van der Waals surface area (Å²) in [5.41, 5.74) is -1.11. The molecule has 3 rings (SSSR count). The smallest absolute Gasteiger partial charge is 0.408 e. The summed E-state index contributed by atoms with van der Waals surface area (Å²) in [6.45, 7) is 3.70. The van der Waals surface area contributed by atoms with Gasteiger partial charge in [-0.1, -0.05) is 36.4 Å². The number of hydrogen-bond donors (Lipinski definition) is 3. The van der Waals surface area contributed by atoms with E-state index in [1.165, 1.54) is 0 Å². The van der Waals surface area contributed by atoms with Gasteiger partial charge >= 0.3 is 18.0 Å². The van der Waals surface area contributed by atoms with Crippen molar-refractivity contribution in [1.29, 1.82) is 0 Å². The summed E-state index contributed by atoms with van der Waals surface area (Å²) in [5, 5.41) is 21.9. The van der Waals surface area contributed by atoms with Gasteiger partial charge < -0.3 is 20.3 Å². The van der Waals surface area contributed by atoms with Gasteiger partial charge in [-0.15, -0.1) is 6.58 Å². The standard InChI is InChI=1S/C19H21NO6/c1-2-12-8-13-9-14(12)15(16(21)22)19(13,17(23)24)20-18(25)26-10-11-6-4-3-5-7-11/h2-7,12-15H,1,8-10H2,(H,20,25)(H,21,22)(H,23,24)/t12-,13-,14-,15-,19-/m0/s1. The third-order valence-electron chi connectivity index (χ3n) is 5.67. The molecular formula is C19H21NO6. The summed E-state index contributed by atoms with van der Waals surface area (Å²) in [7, 11) is 0. The highest BCUT2D eigenvalue weighted by Gasteiger charge is 2.68. The Morgan fingerprint density at radius 1 is 1.23 bits per heavy atom. The normalized spacial score (nSPS) is 32.0. The first-order chi connectivity index (χ1) is 12.4. The number of hydrogen-bond acceptors (Lipinski definition) is 4. The van der Waals surface area contributed by atoms with Gasteiger partial charge in [0.25, 0.3) is 0 Å². The maximum absolute atomic E-state index is 12.3. The van der Waals surface area contributed by atoms with Crippen LogP contribution in [0.5, 0.6) is 0 Å². The third-order valence-corrected chi connectivity index (χ3v) is 5.67. The van der Waals surface area contributed by atoms with Gasteiger partial charge in [-0.2, -0.15) is 0 Å². The van der Waals surface area contributed by atoms with Crippen molar-refractivity contribution in [3.05, 3.63) is 48.6 Å². The second kappa shape index (κ2) is 6.82. The molecule has 1 aromatic rings. The van der Waals surface area contributed by atoms with Crippen molar-refractivity contribution in [3.8, 4) is 0 Å². The maximum Gasteiger partial charge on any atom is 0.408 e. The molecule has 3 N–H and O–H groups in total. The van der Waals surface area contributed by atoms with E-state index in [0.717, 1.165) is 5.56 Å². The van der Waals surface area contributed by atoms with E-state index < -0.39 is 35.4 Å². The molecular weight excluding hydrogens is 338 g/mol. The van der Waals surface area contributed by atoms with E-state index in [-0.39, 0.29) is 18.4 Å². The van der Waals surface area contributed by atoms with Crippen LogP contribution in [0.2, 0.25) is 0 Å². The number of carboxylic acid groups (broad SMARTS) is 2. The Kier molecular flexibility index (Phi) is 4.71. The fourth-order valence-electron chi connectivity index (χ4n) is 4.57. The van der Waals surface area contributed by atoms with E-state index in [4.69, 9.17) is 4.74 Å². The topological polar surface area (TPSA) is 113 Å². The number of fused-ring (bicyclic) bond motifs is 2. The number of alkyl carbamates (subject to hydrolysis) is 1. The predicted molar refractivity (Wildman–Crippen MR) is 91.2 cm³/mol. The molecule has 0 heterocycles. The average molecular weight is 359 g/mol. The summed E-state index contributed by atoms with van der Waals surface area (Å²) in [6.07, 6.45) is 1.67. The second-order valence-corrected chi connectivity index (χ2v) is 6.91. The highest BCUT2D eigenvalue weighted by molar-refractivity contribution is 5.92. The molecule has 2 aliphatic rings. The lowest BCUT2D eigenvalue weighted by Gasteiger charge is -2.40. The highest BCUT2D eigenvalue weighted by Crippen LogP contribution is 2.57. The zero-order chi connectivity index (χ0) is 18.9. The van der Waals surface area contributed by atoms with Crippen LogP contribution < -0.4 is 5.32 Å². The van der Waals surface area contributed by atoms with Crippen molar-refractivity contribution in [2.75, 3.05) is 0 Å². The first kappa shape index (κ1) is 18.0. The van der Waals surface area contributed by atoms with E-state index in [1.54, 1.807) is 30.3 Å². The molecule has 7 nitrogen and oxygen atoms in total. The minimum Gasteiger partial charge on any atom is -0.481 e. The van der Waals surface area contributed by atoms with Crippen molar-refractivity contribution in [2.45, 2.75) is 25.0 Å². The molecule has 26 heavy (non-hydrogen) atoms. The Morgan fingerprint density at radius 2 is 1.92 bits per heavy atom. The fraction of sp³-hybridized carbons (Fsp3) is 0.421. The molecule has 2 bridgehead atoms. The molecule has 0 aliphatic heterocycles. The minimum atomic E-state index is -1.86. The van der Waals surface area contributed by atoms with E-state index in [1.807, 2.05) is 6.07 Å². The average Bonchev–Trinajstić information content (AvgIpc) is 3.17. The molecule has 0 saturated heterocycles. The van der Waals surface area contributed by atoms with Gasteiger partial charge in [-0.25, -0.2) is 9.59 Å². The van der Waals surface area contributed by atoms with Gasteiger partial charge in [-0.05, 0) is 36.2 Å². The van der Waals surface area contributed by atoms with Crippen LogP contribution in [0.15, 0.2) is 43.0 Å². The molecule has 0 unspecified atom stereocenters. The Morgan fingerprint density at radius 3 is 2.50 bits per heavy atom. The monoisotopic (exact) mass is 359 g/mol. The maximum atomic E-state index is 12.3. The summed E-state index contributed by atoms with van der Waals surface area (Å²) >= 11 is 0. The molecule has 7 heteroatoms. The van der Waals surface area contributed by atoms with Crippen molar-refractivity contribution < 1.29 is 29.3 Å². The predicted octanol–water partition coefficient (Wildman–Crippen LogP) is 2.28. The molecule has 2 aliphatic carbocycles. The van der Waals surface area contributed by atoms with Crippen molar-refractivity contribution in [3.63, 3.8) is 0 Å². The Hall–Kier alpha value is -2.83. The summed E-state index contributed by atoms with van der Waals surface area (Å²) in [6, 6.07) is 8.95. The Labute approximate surface area is 150 Å². The lowest BCUT2D eigenvalue weighted by molar-refractivity contribution is -0.161. The summed E-state index contributed by atoms with van der Waals surface area (Å²) < 4.78 is 5.13. The van der Waals surface area contributed by atoms with Crippen LogP contribution in [0.3, 0.4) is 0 Å². The van der Waals surface area contributed by atoms with Gasteiger partial charge in [0, 0.05) is 0 Å². The number of carboxylic acids is 2. The first-order valence-electron chi connectivity index (χ1n) is 8.47. The highest BCUT2D eigenvalue weighted by atomic mass is 16.5. The molecule has 5 atom stereocenters. The largest absolute Gasteiger partial charge is 0.481 e. The molecule has 2 fully saturated rings. The van der Waals surface area contributed by atoms with Crippen LogP contribution in [0.25, 0.3) is 0 Å². The second-order valence-electron chi connectivity index (χ2n) is 6.91. The van der Waals surface area contributed by atoms with Crippen LogP contribution in [-0.2, 0) is 20.9 Å². The molecule has 1 amide bonds. The molecule has 0 aromatic heterocycles. The Bertz CT molecular complexity index is 733. The fourth-order valence-corrected chi connectivity index (χ4v) is 4.57. The number of benzene rings is 1. The lowest BCUT2D eigenvalue weighted by Crippen LogP contribution is -2.65. The number of carbonyl (C=O) groups is 3. The Balaban J connectivity index is 1.79. The summed E-state index contributed by atoms with van der Waals surface area (Å²) in [5.74, 6) is -4.67. The van der Waals surface area contributed by atoms with Gasteiger partial charge in [0.2, 0.25) is 0 Å². The number of amides is 1. The van der Waals surface area contributed by atoms with E-state index in [2.05, 4.69) is 11.9 Å². The van der Waals surface area contributed by atoms with Crippen molar-refractivity contribution in [2.24, 2.45) is 23.7 Å². The first-order valence-corrected chi connectivity index (χ1v) is 8.47. The van der Waals surface area contributed by atoms with E-state index >= 15 is 0 Å².